The first-order valence-corrected chi connectivity index (χ1v) is 5.28. The number of carbonyl (C=O) groups is 1. The summed E-state index contributed by atoms with van der Waals surface area (Å²) >= 11 is 0. The zero-order valence-corrected chi connectivity index (χ0v) is 9.69. The molecule has 0 radical (unpaired) electrons. The lowest BCUT2D eigenvalue weighted by atomic mass is 10.2. The molecule has 0 saturated carbocycles. The Labute approximate surface area is 95.0 Å². The Hall–Kier alpha value is -1.61. The van der Waals surface area contributed by atoms with Gasteiger partial charge in [0.1, 0.15) is 0 Å². The maximum absolute atomic E-state index is 11.9. The molecule has 1 atom stereocenters. The largest absolute Gasteiger partial charge is 0.369 e. The Kier molecular flexibility index (Phi) is 2.56. The smallest absolute Gasteiger partial charge is 0.256 e. The van der Waals surface area contributed by atoms with E-state index in [9.17, 15) is 9.90 Å². The molecule has 0 spiro atoms. The zero-order valence-electron chi connectivity index (χ0n) is 9.69. The van der Waals surface area contributed by atoms with E-state index in [1.54, 1.807) is 13.8 Å². The minimum atomic E-state index is -0.825. The molecular weight excluding hydrogens is 202 g/mol. The van der Waals surface area contributed by atoms with Crippen molar-refractivity contribution in [3.8, 4) is 0 Å². The Morgan fingerprint density at radius 2 is 1.94 bits per heavy atom. The Morgan fingerprint density at radius 3 is 2.44 bits per heavy atom. The number of carbonyl (C=O) groups excluding carboxylic acids is 1. The van der Waals surface area contributed by atoms with Crippen LogP contribution in [0.25, 0.3) is 0 Å². The van der Waals surface area contributed by atoms with Crippen LogP contribution in [0.3, 0.4) is 0 Å². The van der Waals surface area contributed by atoms with Crippen LogP contribution in [0.15, 0.2) is 35.4 Å². The number of aliphatic hydroxyl groups excluding tert-OH is 1. The molecule has 0 bridgehead atoms. The molecule has 1 aliphatic heterocycles. The summed E-state index contributed by atoms with van der Waals surface area (Å²) in [5.74, 6) is -0.115. The highest BCUT2D eigenvalue weighted by atomic mass is 16.3. The predicted molar refractivity (Wildman–Crippen MR) is 63.0 cm³/mol. The predicted octanol–water partition coefficient (Wildman–Crippen LogP) is 2.00. The molecule has 0 aromatic heterocycles. The van der Waals surface area contributed by atoms with E-state index >= 15 is 0 Å². The van der Waals surface area contributed by atoms with Gasteiger partial charge < -0.3 is 5.11 Å². The number of hydrogen-bond acceptors (Lipinski definition) is 2. The molecule has 0 saturated heterocycles. The summed E-state index contributed by atoms with van der Waals surface area (Å²) in [5.41, 5.74) is 3.17. The Bertz CT molecular complexity index is 477. The van der Waals surface area contributed by atoms with E-state index in [0.29, 0.717) is 5.57 Å². The summed E-state index contributed by atoms with van der Waals surface area (Å²) in [6.07, 6.45) is -0.825. The van der Waals surface area contributed by atoms with Crippen LogP contribution in [-0.2, 0) is 4.79 Å². The van der Waals surface area contributed by atoms with Crippen LogP contribution in [0.2, 0.25) is 0 Å². The molecule has 0 fully saturated rings. The molecule has 0 aliphatic carbocycles. The van der Waals surface area contributed by atoms with Gasteiger partial charge in [0.25, 0.3) is 5.91 Å². The van der Waals surface area contributed by atoms with Gasteiger partial charge in [0.05, 0.1) is 0 Å². The second-order valence-electron chi connectivity index (χ2n) is 4.20. The highest BCUT2D eigenvalue weighted by Crippen LogP contribution is 2.29. The van der Waals surface area contributed by atoms with Crippen molar-refractivity contribution in [2.75, 3.05) is 4.90 Å². The van der Waals surface area contributed by atoms with Crippen LogP contribution >= 0.6 is 0 Å². The molecule has 84 valence electrons. The van der Waals surface area contributed by atoms with Gasteiger partial charge in [-0.25, -0.2) is 0 Å². The topological polar surface area (TPSA) is 40.5 Å². The second kappa shape index (κ2) is 3.76. The lowest BCUT2D eigenvalue weighted by Gasteiger charge is -2.22. The maximum Gasteiger partial charge on any atom is 0.256 e. The number of rotatable bonds is 1. The molecule has 1 aromatic carbocycles. The molecule has 1 aliphatic rings. The first-order chi connectivity index (χ1) is 7.52. The van der Waals surface area contributed by atoms with Gasteiger partial charge in [-0.05, 0) is 44.0 Å². The first-order valence-electron chi connectivity index (χ1n) is 5.28. The van der Waals surface area contributed by atoms with Gasteiger partial charge in [0.2, 0.25) is 0 Å². The third-order valence-corrected chi connectivity index (χ3v) is 3.04. The summed E-state index contributed by atoms with van der Waals surface area (Å²) in [5, 5.41) is 9.99. The van der Waals surface area contributed by atoms with Crippen molar-refractivity contribution in [3.63, 3.8) is 0 Å². The van der Waals surface area contributed by atoms with Gasteiger partial charge in [-0.15, -0.1) is 0 Å². The molecule has 3 nitrogen and oxygen atoms in total. The van der Waals surface area contributed by atoms with Crippen molar-refractivity contribution in [1.82, 2.24) is 0 Å². The average Bonchev–Trinajstić information content (AvgIpc) is 2.44. The van der Waals surface area contributed by atoms with Crippen molar-refractivity contribution >= 4 is 11.6 Å². The van der Waals surface area contributed by atoms with Crippen LogP contribution < -0.4 is 4.90 Å². The number of nitrogens with zero attached hydrogens (tertiary/aromatic N) is 1. The van der Waals surface area contributed by atoms with Crippen molar-refractivity contribution in [2.24, 2.45) is 0 Å². The van der Waals surface area contributed by atoms with Crippen LogP contribution in [0.5, 0.6) is 0 Å². The maximum atomic E-state index is 11.9. The van der Waals surface area contributed by atoms with Crippen LogP contribution in [0, 0.1) is 6.92 Å². The fourth-order valence-electron chi connectivity index (χ4n) is 1.88. The van der Waals surface area contributed by atoms with E-state index < -0.39 is 6.23 Å². The number of hydrogen-bond donors (Lipinski definition) is 1. The highest BCUT2D eigenvalue weighted by molar-refractivity contribution is 6.09. The summed E-state index contributed by atoms with van der Waals surface area (Å²) in [7, 11) is 0. The van der Waals surface area contributed by atoms with Gasteiger partial charge in [-0.2, -0.15) is 0 Å². The standard InChI is InChI=1S/C13H15NO2/c1-8-5-4-6-11(7-8)14-12(15)9(2)10(3)13(14)16/h4-7,12,15H,1-3H3. The number of benzene rings is 1. The van der Waals surface area contributed by atoms with Gasteiger partial charge in [-0.3, -0.25) is 9.69 Å². The summed E-state index contributed by atoms with van der Waals surface area (Å²) < 4.78 is 0. The normalized spacial score (nSPS) is 20.9. The molecule has 1 heterocycles. The van der Waals surface area contributed by atoms with Gasteiger partial charge in [0.15, 0.2) is 6.23 Å². The van der Waals surface area contributed by atoms with Crippen LogP contribution in [0.4, 0.5) is 5.69 Å². The van der Waals surface area contributed by atoms with Gasteiger partial charge >= 0.3 is 0 Å². The Balaban J connectivity index is 2.42. The SMILES string of the molecule is CC1=C(C)C(O)N(c2cccc(C)c2)C1=O. The molecule has 16 heavy (non-hydrogen) atoms. The van der Waals surface area contributed by atoms with E-state index in [-0.39, 0.29) is 5.91 Å². The van der Waals surface area contributed by atoms with Crippen molar-refractivity contribution < 1.29 is 9.90 Å². The van der Waals surface area contributed by atoms with E-state index in [1.807, 2.05) is 31.2 Å². The van der Waals surface area contributed by atoms with Gasteiger partial charge in [0, 0.05) is 11.3 Å². The lowest BCUT2D eigenvalue weighted by Crippen LogP contribution is -2.35. The number of aliphatic hydroxyl groups is 1. The fraction of sp³-hybridized carbons (Fsp3) is 0.308. The minimum Gasteiger partial charge on any atom is -0.369 e. The number of amides is 1. The molecule has 1 N–H and O–H groups in total. The van der Waals surface area contributed by atoms with E-state index in [4.69, 9.17) is 0 Å². The second-order valence-corrected chi connectivity index (χ2v) is 4.20. The molecule has 1 unspecified atom stereocenters. The Morgan fingerprint density at radius 1 is 1.25 bits per heavy atom. The molecule has 2 rings (SSSR count). The number of aryl methyl sites for hydroxylation is 1. The quantitative estimate of drug-likeness (QED) is 0.781. The van der Waals surface area contributed by atoms with E-state index in [1.165, 1.54) is 4.90 Å². The summed E-state index contributed by atoms with van der Waals surface area (Å²) in [4.78, 5) is 13.4. The molecule has 3 heteroatoms. The van der Waals surface area contributed by atoms with Crippen molar-refractivity contribution in [1.29, 1.82) is 0 Å². The third kappa shape index (κ3) is 1.53. The highest BCUT2D eigenvalue weighted by Gasteiger charge is 2.34. The summed E-state index contributed by atoms with van der Waals surface area (Å²) in [6, 6.07) is 7.57. The lowest BCUT2D eigenvalue weighted by molar-refractivity contribution is -0.115. The molecule has 1 amide bonds. The minimum absolute atomic E-state index is 0.115. The number of anilines is 1. The van der Waals surface area contributed by atoms with Crippen LogP contribution in [0.1, 0.15) is 19.4 Å². The fourth-order valence-corrected chi connectivity index (χ4v) is 1.88. The van der Waals surface area contributed by atoms with Crippen molar-refractivity contribution in [2.45, 2.75) is 27.0 Å². The van der Waals surface area contributed by atoms with Crippen molar-refractivity contribution in [3.05, 3.63) is 41.0 Å². The van der Waals surface area contributed by atoms with E-state index in [2.05, 4.69) is 0 Å². The monoisotopic (exact) mass is 217 g/mol. The van der Waals surface area contributed by atoms with E-state index in [0.717, 1.165) is 16.8 Å². The molecular formula is C13H15NO2. The average molecular weight is 217 g/mol. The van der Waals surface area contributed by atoms with Gasteiger partial charge in [-0.1, -0.05) is 12.1 Å². The summed E-state index contributed by atoms with van der Waals surface area (Å²) in [6.45, 7) is 5.49. The molecule has 1 aromatic rings. The first kappa shape index (κ1) is 10.9. The van der Waals surface area contributed by atoms with Crippen LogP contribution in [-0.4, -0.2) is 17.2 Å². The zero-order chi connectivity index (χ0) is 11.9. The third-order valence-electron chi connectivity index (χ3n) is 3.04.